The zero-order valence-electron chi connectivity index (χ0n) is 13.4. The molecule has 1 heterocycles. The van der Waals surface area contributed by atoms with E-state index in [4.69, 9.17) is 39.5 Å². The van der Waals surface area contributed by atoms with Crippen LogP contribution < -0.4 is 5.32 Å². The molecular formula is C17H12Cl3FN2O3. The number of anilines is 1. The number of nitrogens with one attached hydrogen (secondary N) is 1. The Bertz CT molecular complexity index is 870. The number of halogens is 4. The highest BCUT2D eigenvalue weighted by Gasteiger charge is 2.25. The first-order valence-corrected chi connectivity index (χ1v) is 8.42. The number of benzene rings is 1. The summed E-state index contributed by atoms with van der Waals surface area (Å²) in [4.78, 5) is 28.7. The predicted octanol–water partition coefficient (Wildman–Crippen LogP) is 4.92. The first-order chi connectivity index (χ1) is 12.3. The van der Waals surface area contributed by atoms with Gasteiger partial charge in [0.05, 0.1) is 22.2 Å². The van der Waals surface area contributed by atoms with Crippen LogP contribution in [0.3, 0.4) is 0 Å². The summed E-state index contributed by atoms with van der Waals surface area (Å²) in [6, 6.07) is 5.32. The minimum Gasteiger partial charge on any atom is -0.462 e. The normalized spacial score (nSPS) is 11.2. The van der Waals surface area contributed by atoms with Crippen molar-refractivity contribution in [1.82, 2.24) is 4.98 Å². The second-order valence-electron chi connectivity index (χ2n) is 4.85. The molecule has 0 atom stereocenters. The Hall–Kier alpha value is -2.15. The Kier molecular flexibility index (Phi) is 6.97. The minimum atomic E-state index is -0.866. The van der Waals surface area contributed by atoms with Crippen LogP contribution in [0.2, 0.25) is 15.2 Å². The van der Waals surface area contributed by atoms with Gasteiger partial charge in [-0.25, -0.2) is 14.2 Å². The second-order valence-corrected chi connectivity index (χ2v) is 5.96. The van der Waals surface area contributed by atoms with Crippen LogP contribution in [-0.2, 0) is 9.53 Å². The average molecular weight is 418 g/mol. The summed E-state index contributed by atoms with van der Waals surface area (Å²) in [5.41, 5.74) is 0.0129. The summed E-state index contributed by atoms with van der Waals surface area (Å²) in [5, 5.41) is 2.43. The predicted molar refractivity (Wildman–Crippen MR) is 98.3 cm³/mol. The fourth-order valence-electron chi connectivity index (χ4n) is 1.87. The molecule has 1 N–H and O–H groups in total. The molecule has 0 amide bonds. The van der Waals surface area contributed by atoms with Crippen LogP contribution in [-0.4, -0.2) is 23.3 Å². The van der Waals surface area contributed by atoms with E-state index in [-0.39, 0.29) is 32.9 Å². The second kappa shape index (κ2) is 8.98. The number of hydrogen-bond donors (Lipinski definition) is 1. The number of aromatic nitrogens is 1. The first-order valence-electron chi connectivity index (χ1n) is 7.28. The molecule has 1 aromatic heterocycles. The van der Waals surface area contributed by atoms with Gasteiger partial charge in [0.1, 0.15) is 16.5 Å². The van der Waals surface area contributed by atoms with Gasteiger partial charge in [-0.15, -0.1) is 0 Å². The Morgan fingerprint density at radius 3 is 2.46 bits per heavy atom. The molecule has 0 radical (unpaired) electrons. The van der Waals surface area contributed by atoms with Crippen LogP contribution in [0.25, 0.3) is 0 Å². The molecule has 5 nitrogen and oxygen atoms in total. The summed E-state index contributed by atoms with van der Waals surface area (Å²) in [6.07, 6.45) is 2.26. The number of hydrogen-bond acceptors (Lipinski definition) is 5. The summed E-state index contributed by atoms with van der Waals surface area (Å²) in [7, 11) is 0. The van der Waals surface area contributed by atoms with Gasteiger partial charge in [0.25, 0.3) is 0 Å². The Morgan fingerprint density at radius 1 is 1.19 bits per heavy atom. The fraction of sp³-hybridized carbons (Fsp3) is 0.118. The van der Waals surface area contributed by atoms with Gasteiger partial charge >= 0.3 is 5.97 Å². The van der Waals surface area contributed by atoms with Crippen LogP contribution in [0, 0.1) is 5.82 Å². The molecule has 0 saturated carbocycles. The van der Waals surface area contributed by atoms with Crippen molar-refractivity contribution in [3.63, 3.8) is 0 Å². The molecule has 0 saturated heterocycles. The molecule has 0 aliphatic rings. The molecule has 2 aromatic rings. The Labute approximate surface area is 163 Å². The molecule has 2 rings (SSSR count). The topological polar surface area (TPSA) is 68.3 Å². The van der Waals surface area contributed by atoms with Crippen molar-refractivity contribution in [2.45, 2.75) is 6.92 Å². The van der Waals surface area contributed by atoms with Crippen LogP contribution in [0.1, 0.15) is 17.3 Å². The fourth-order valence-corrected chi connectivity index (χ4v) is 2.44. The summed E-state index contributed by atoms with van der Waals surface area (Å²) < 4.78 is 17.9. The van der Waals surface area contributed by atoms with E-state index < -0.39 is 17.6 Å². The molecule has 0 bridgehead atoms. The quantitative estimate of drug-likeness (QED) is 0.180. The van der Waals surface area contributed by atoms with Crippen molar-refractivity contribution >= 4 is 52.2 Å². The van der Waals surface area contributed by atoms with Crippen molar-refractivity contribution in [2.24, 2.45) is 0 Å². The van der Waals surface area contributed by atoms with Gasteiger partial charge < -0.3 is 10.1 Å². The number of ketones is 1. The number of pyridine rings is 1. The number of carbonyl (C=O) groups is 2. The van der Waals surface area contributed by atoms with Gasteiger partial charge in [0.15, 0.2) is 0 Å². The molecular weight excluding hydrogens is 406 g/mol. The van der Waals surface area contributed by atoms with E-state index in [1.54, 1.807) is 6.92 Å². The highest BCUT2D eigenvalue weighted by atomic mass is 35.5. The highest BCUT2D eigenvalue weighted by Crippen LogP contribution is 2.32. The van der Waals surface area contributed by atoms with E-state index in [9.17, 15) is 14.0 Å². The molecule has 0 aliphatic heterocycles. The van der Waals surface area contributed by atoms with Gasteiger partial charge in [-0.2, -0.15) is 0 Å². The number of rotatable bonds is 6. The molecule has 0 aliphatic carbocycles. The minimum absolute atomic E-state index is 0.0629. The molecule has 26 heavy (non-hydrogen) atoms. The largest absolute Gasteiger partial charge is 0.462 e. The summed E-state index contributed by atoms with van der Waals surface area (Å²) in [5.74, 6) is -2.04. The van der Waals surface area contributed by atoms with Crippen LogP contribution in [0.15, 0.2) is 42.2 Å². The Morgan fingerprint density at radius 2 is 1.85 bits per heavy atom. The maximum Gasteiger partial charge on any atom is 0.343 e. The molecule has 1 aromatic carbocycles. The third kappa shape index (κ3) is 4.72. The monoisotopic (exact) mass is 416 g/mol. The third-order valence-electron chi connectivity index (χ3n) is 3.13. The molecule has 0 fully saturated rings. The highest BCUT2D eigenvalue weighted by molar-refractivity contribution is 6.49. The van der Waals surface area contributed by atoms with E-state index >= 15 is 0 Å². The average Bonchev–Trinajstić information content (AvgIpc) is 2.61. The zero-order chi connectivity index (χ0) is 19.3. The summed E-state index contributed by atoms with van der Waals surface area (Å²) in [6.45, 7) is 1.66. The summed E-state index contributed by atoms with van der Waals surface area (Å²) >= 11 is 17.7. The van der Waals surface area contributed by atoms with Crippen LogP contribution >= 0.6 is 34.8 Å². The van der Waals surface area contributed by atoms with Crippen molar-refractivity contribution in [1.29, 1.82) is 0 Å². The lowest BCUT2D eigenvalue weighted by molar-refractivity contribution is -0.138. The SMILES string of the molecule is CCOC(=O)/C(=C\Nc1ccc(F)cc1)C(=O)c1cnc(Cl)c(Cl)c1Cl. The van der Waals surface area contributed by atoms with E-state index in [0.29, 0.717) is 5.69 Å². The Balaban J connectivity index is 2.39. The molecule has 0 unspecified atom stereocenters. The van der Waals surface area contributed by atoms with Gasteiger partial charge in [-0.1, -0.05) is 34.8 Å². The van der Waals surface area contributed by atoms with Gasteiger partial charge in [-0.3, -0.25) is 4.79 Å². The smallest absolute Gasteiger partial charge is 0.343 e. The molecule has 0 spiro atoms. The number of esters is 1. The third-order valence-corrected chi connectivity index (χ3v) is 4.37. The van der Waals surface area contributed by atoms with Crippen molar-refractivity contribution in [3.8, 4) is 0 Å². The number of carbonyl (C=O) groups excluding carboxylic acids is 2. The van der Waals surface area contributed by atoms with E-state index in [0.717, 1.165) is 12.4 Å². The standard InChI is InChI=1S/C17H12Cl3FN2O3/c1-2-26-17(25)12(8-22-10-5-3-9(21)4-6-10)15(24)11-7-23-16(20)14(19)13(11)18/h3-8,22H,2H2,1H3/b12-8-. The van der Waals surface area contributed by atoms with E-state index in [2.05, 4.69) is 10.3 Å². The number of Topliss-reactive ketones (excluding diaryl/α,β-unsaturated/α-hetero) is 1. The van der Waals surface area contributed by atoms with Crippen molar-refractivity contribution in [2.75, 3.05) is 11.9 Å². The van der Waals surface area contributed by atoms with Gasteiger partial charge in [0.2, 0.25) is 5.78 Å². The zero-order valence-corrected chi connectivity index (χ0v) is 15.6. The lowest BCUT2D eigenvalue weighted by Gasteiger charge is -2.10. The van der Waals surface area contributed by atoms with E-state index in [1.807, 2.05) is 0 Å². The van der Waals surface area contributed by atoms with E-state index in [1.165, 1.54) is 24.3 Å². The van der Waals surface area contributed by atoms with Gasteiger partial charge in [0, 0.05) is 18.1 Å². The first kappa shape index (κ1) is 20.2. The van der Waals surface area contributed by atoms with Crippen molar-refractivity contribution < 1.29 is 18.7 Å². The lowest BCUT2D eigenvalue weighted by atomic mass is 10.1. The van der Waals surface area contributed by atoms with Crippen LogP contribution in [0.4, 0.5) is 10.1 Å². The number of nitrogens with zero attached hydrogens (tertiary/aromatic N) is 1. The van der Waals surface area contributed by atoms with Gasteiger partial charge in [-0.05, 0) is 31.2 Å². The molecule has 136 valence electrons. The lowest BCUT2D eigenvalue weighted by Crippen LogP contribution is -2.18. The number of ether oxygens (including phenoxy) is 1. The maximum atomic E-state index is 13.0. The maximum absolute atomic E-state index is 13.0. The van der Waals surface area contributed by atoms with Crippen LogP contribution in [0.5, 0.6) is 0 Å². The molecule has 9 heteroatoms. The van der Waals surface area contributed by atoms with Crippen molar-refractivity contribution in [3.05, 3.63) is 68.8 Å².